The second-order valence-corrected chi connectivity index (χ2v) is 10.0. The van der Waals surface area contributed by atoms with E-state index >= 15 is 0 Å². The molecule has 0 spiro atoms. The van der Waals surface area contributed by atoms with E-state index in [-0.39, 0.29) is 30.2 Å². The second-order valence-electron chi connectivity index (χ2n) is 10.0. The first-order valence-corrected chi connectivity index (χ1v) is 13.2. The minimum atomic E-state index is -1.60. The molecule has 41 heavy (non-hydrogen) atoms. The number of esters is 2. The molecule has 7 atom stereocenters. The summed E-state index contributed by atoms with van der Waals surface area (Å²) in [5, 5.41) is 30.9. The van der Waals surface area contributed by atoms with Crippen LogP contribution in [-0.4, -0.2) is 92.5 Å². The molecular weight excluding hydrogens is 540 g/mol. The lowest BCUT2D eigenvalue weighted by atomic mass is 9.85. The molecule has 2 aromatic carbocycles. The predicted octanol–water partition coefficient (Wildman–Crippen LogP) is 1.04. The number of methoxy groups -OCH3 is 3. The smallest absolute Gasteiger partial charge is 0.309 e. The van der Waals surface area contributed by atoms with Gasteiger partial charge in [0.15, 0.2) is 23.0 Å². The minimum Gasteiger partial charge on any atom is -0.493 e. The van der Waals surface area contributed by atoms with Gasteiger partial charge in [0.2, 0.25) is 6.29 Å². The molecule has 2 aromatic rings. The third kappa shape index (κ3) is 7.02. The van der Waals surface area contributed by atoms with Gasteiger partial charge in [0.25, 0.3) is 0 Å². The van der Waals surface area contributed by atoms with E-state index in [0.717, 1.165) is 11.1 Å². The van der Waals surface area contributed by atoms with Crippen molar-refractivity contribution in [1.82, 2.24) is 0 Å². The van der Waals surface area contributed by atoms with E-state index in [2.05, 4.69) is 0 Å². The maximum Gasteiger partial charge on any atom is 0.309 e. The summed E-state index contributed by atoms with van der Waals surface area (Å²) >= 11 is 0. The molecule has 0 amide bonds. The van der Waals surface area contributed by atoms with Crippen LogP contribution in [0.4, 0.5) is 0 Å². The number of carbonyl (C=O) groups is 2. The molecule has 0 bridgehead atoms. The highest BCUT2D eigenvalue weighted by molar-refractivity contribution is 5.75. The Morgan fingerprint density at radius 2 is 1.46 bits per heavy atom. The lowest BCUT2D eigenvalue weighted by Crippen LogP contribution is -2.60. The molecule has 2 aliphatic heterocycles. The number of benzene rings is 2. The predicted molar refractivity (Wildman–Crippen MR) is 142 cm³/mol. The molecule has 12 nitrogen and oxygen atoms in total. The van der Waals surface area contributed by atoms with Crippen molar-refractivity contribution in [2.24, 2.45) is 11.8 Å². The molecule has 0 unspecified atom stereocenters. The zero-order chi connectivity index (χ0) is 29.7. The molecule has 2 aliphatic rings. The summed E-state index contributed by atoms with van der Waals surface area (Å²) in [6, 6.07) is 10.7. The largest absolute Gasteiger partial charge is 0.493 e. The fraction of sp³-hybridized carbons (Fsp3) is 0.517. The zero-order valence-corrected chi connectivity index (χ0v) is 23.3. The van der Waals surface area contributed by atoms with Gasteiger partial charge >= 0.3 is 11.9 Å². The van der Waals surface area contributed by atoms with Gasteiger partial charge in [-0.3, -0.25) is 9.59 Å². The topological polar surface area (TPSA) is 159 Å². The molecule has 12 heteroatoms. The van der Waals surface area contributed by atoms with Crippen molar-refractivity contribution in [3.05, 3.63) is 47.5 Å². The van der Waals surface area contributed by atoms with E-state index in [0.29, 0.717) is 36.7 Å². The molecule has 0 saturated carbocycles. The van der Waals surface area contributed by atoms with E-state index in [1.807, 2.05) is 18.2 Å². The minimum absolute atomic E-state index is 0.0598. The fourth-order valence-corrected chi connectivity index (χ4v) is 5.03. The van der Waals surface area contributed by atoms with E-state index in [1.54, 1.807) is 32.4 Å². The van der Waals surface area contributed by atoms with Crippen LogP contribution in [0, 0.1) is 11.8 Å². The van der Waals surface area contributed by atoms with Gasteiger partial charge in [-0.25, -0.2) is 0 Å². The van der Waals surface area contributed by atoms with Crippen molar-refractivity contribution in [2.45, 2.75) is 50.5 Å². The second kappa shape index (κ2) is 13.4. The molecule has 0 aliphatic carbocycles. The highest BCUT2D eigenvalue weighted by Crippen LogP contribution is 2.36. The Bertz CT molecular complexity index is 1220. The van der Waals surface area contributed by atoms with Crippen LogP contribution in [0.3, 0.4) is 0 Å². The first kappa shape index (κ1) is 30.4. The first-order chi connectivity index (χ1) is 19.6. The van der Waals surface area contributed by atoms with Gasteiger partial charge in [-0.1, -0.05) is 12.1 Å². The van der Waals surface area contributed by atoms with Gasteiger partial charge in [-0.2, -0.15) is 0 Å². The van der Waals surface area contributed by atoms with E-state index in [1.165, 1.54) is 14.0 Å². The maximum absolute atomic E-state index is 12.7. The average Bonchev–Trinajstić information content (AvgIpc) is 3.30. The Labute approximate surface area is 237 Å². The Morgan fingerprint density at radius 3 is 2.10 bits per heavy atom. The van der Waals surface area contributed by atoms with Crippen LogP contribution < -0.4 is 18.9 Å². The Balaban J connectivity index is 1.46. The summed E-state index contributed by atoms with van der Waals surface area (Å²) in [5.74, 6) is 0.422. The lowest BCUT2D eigenvalue weighted by Gasteiger charge is -2.40. The summed E-state index contributed by atoms with van der Waals surface area (Å²) in [7, 11) is 4.58. The zero-order valence-electron chi connectivity index (χ0n) is 23.3. The van der Waals surface area contributed by atoms with Crippen molar-refractivity contribution in [2.75, 3.05) is 34.5 Å². The standard InChI is InChI=1S/C29H36O12/c1-15(30)38-14-24-25(31)26(32)27(33)29(41-24)40-21-8-6-17(12-23(21)37-4)10-19-18(13-39-28(19)34)9-16-5-7-20(35-2)22(11-16)36-3/h5-8,11-12,18-19,24-27,29,31-33H,9-10,13-14H2,1-4H3/t18-,19+,24+,25+,26-,27+,29+/m0/s1. The van der Waals surface area contributed by atoms with E-state index < -0.39 is 36.7 Å². The Kier molecular flexibility index (Phi) is 9.92. The van der Waals surface area contributed by atoms with Crippen LogP contribution >= 0.6 is 0 Å². The van der Waals surface area contributed by atoms with E-state index in [9.17, 15) is 24.9 Å². The molecule has 0 radical (unpaired) electrons. The van der Waals surface area contributed by atoms with Gasteiger partial charge < -0.3 is 48.5 Å². The van der Waals surface area contributed by atoms with Gasteiger partial charge in [0, 0.05) is 12.8 Å². The third-order valence-corrected chi connectivity index (χ3v) is 7.30. The summed E-state index contributed by atoms with van der Waals surface area (Å²) in [6.07, 6.45) is -6.19. The first-order valence-electron chi connectivity index (χ1n) is 13.2. The third-order valence-electron chi connectivity index (χ3n) is 7.30. The molecule has 4 rings (SSSR count). The van der Waals surface area contributed by atoms with Crippen molar-refractivity contribution in [1.29, 1.82) is 0 Å². The summed E-state index contributed by atoms with van der Waals surface area (Å²) < 4.78 is 37.9. The van der Waals surface area contributed by atoms with Crippen LogP contribution in [0.5, 0.6) is 23.0 Å². The number of cyclic esters (lactones) is 1. The van der Waals surface area contributed by atoms with Gasteiger partial charge in [0.1, 0.15) is 31.0 Å². The monoisotopic (exact) mass is 576 g/mol. The van der Waals surface area contributed by atoms with Crippen LogP contribution in [0.15, 0.2) is 36.4 Å². The molecular formula is C29H36O12. The van der Waals surface area contributed by atoms with Crippen molar-refractivity contribution < 1.29 is 58.1 Å². The summed E-state index contributed by atoms with van der Waals surface area (Å²) in [6.45, 7) is 1.17. The number of aliphatic hydroxyl groups excluding tert-OH is 3. The Hall–Kier alpha value is -3.58. The van der Waals surface area contributed by atoms with Crippen molar-refractivity contribution in [3.63, 3.8) is 0 Å². The molecule has 2 fully saturated rings. The molecule has 2 heterocycles. The van der Waals surface area contributed by atoms with Crippen LogP contribution in [-0.2, 0) is 36.6 Å². The van der Waals surface area contributed by atoms with Crippen LogP contribution in [0.2, 0.25) is 0 Å². The molecule has 2 saturated heterocycles. The number of rotatable bonds is 11. The number of hydrogen-bond donors (Lipinski definition) is 3. The van der Waals surface area contributed by atoms with Crippen molar-refractivity contribution in [3.8, 4) is 23.0 Å². The van der Waals surface area contributed by atoms with Crippen LogP contribution in [0.1, 0.15) is 18.1 Å². The SMILES string of the molecule is COc1ccc(C[C@H]2COC(=O)[C@@H]2Cc2ccc(O[C@@H]3O[C@H](COC(C)=O)[C@@H](O)[C@H](O)[C@H]3O)c(OC)c2)cc1OC. The average molecular weight is 577 g/mol. The maximum atomic E-state index is 12.7. The molecule has 0 aromatic heterocycles. The number of ether oxygens (including phenoxy) is 7. The quantitative estimate of drug-likeness (QED) is 0.327. The summed E-state index contributed by atoms with van der Waals surface area (Å²) in [4.78, 5) is 23.8. The number of hydrogen-bond acceptors (Lipinski definition) is 12. The summed E-state index contributed by atoms with van der Waals surface area (Å²) in [5.41, 5.74) is 1.78. The van der Waals surface area contributed by atoms with Gasteiger partial charge in [0.05, 0.1) is 33.9 Å². The van der Waals surface area contributed by atoms with Gasteiger partial charge in [-0.05, 0) is 48.2 Å². The fourth-order valence-electron chi connectivity index (χ4n) is 5.03. The number of carbonyl (C=O) groups excluding carboxylic acids is 2. The van der Waals surface area contributed by atoms with Crippen LogP contribution in [0.25, 0.3) is 0 Å². The lowest BCUT2D eigenvalue weighted by molar-refractivity contribution is -0.278. The van der Waals surface area contributed by atoms with E-state index in [4.69, 9.17) is 33.2 Å². The van der Waals surface area contributed by atoms with Crippen molar-refractivity contribution >= 4 is 11.9 Å². The number of aliphatic hydroxyl groups is 3. The highest BCUT2D eigenvalue weighted by atomic mass is 16.7. The Morgan fingerprint density at radius 1 is 0.854 bits per heavy atom. The van der Waals surface area contributed by atoms with Gasteiger partial charge in [-0.15, -0.1) is 0 Å². The molecule has 3 N–H and O–H groups in total. The highest BCUT2D eigenvalue weighted by Gasteiger charge is 2.45. The normalized spacial score (nSPS) is 27.6. The molecule has 224 valence electrons.